The van der Waals surface area contributed by atoms with Gasteiger partial charge < -0.3 is 4.90 Å². The second-order valence-corrected chi connectivity index (χ2v) is 7.31. The summed E-state index contributed by atoms with van der Waals surface area (Å²) >= 11 is 8.01. The molecular formula is C14H14ClIN4O. The van der Waals surface area contributed by atoms with Gasteiger partial charge >= 0.3 is 0 Å². The number of aromatic nitrogens is 3. The number of carbonyl (C=O) groups is 1. The van der Waals surface area contributed by atoms with Crippen LogP contribution in [0.2, 0.25) is 5.15 Å². The van der Waals surface area contributed by atoms with Gasteiger partial charge in [0, 0.05) is 35.3 Å². The molecule has 0 bridgehead atoms. The van der Waals surface area contributed by atoms with Gasteiger partial charge in [-0.05, 0) is 34.7 Å². The van der Waals surface area contributed by atoms with Gasteiger partial charge in [0.05, 0.1) is 6.20 Å². The third-order valence-electron chi connectivity index (χ3n) is 3.64. The van der Waals surface area contributed by atoms with Crippen molar-refractivity contribution in [2.75, 3.05) is 6.54 Å². The van der Waals surface area contributed by atoms with E-state index in [1.807, 2.05) is 4.90 Å². The molecule has 2 aromatic heterocycles. The molecule has 1 amide bonds. The standard InChI is InChI=1S/C14H14ClIN4O/c1-14(2)7-20(6-9-5-17-19-12(9)14)13(21)8-3-10(15)18-11(16)4-8/h3-5H,6-7H2,1-2H3,(H,17,19). The zero-order valence-electron chi connectivity index (χ0n) is 11.7. The normalized spacial score (nSPS) is 16.7. The smallest absolute Gasteiger partial charge is 0.254 e. The number of H-pyrrole nitrogens is 1. The van der Waals surface area contributed by atoms with E-state index < -0.39 is 0 Å². The van der Waals surface area contributed by atoms with Crippen LogP contribution in [0.1, 0.15) is 35.5 Å². The molecule has 0 aliphatic carbocycles. The lowest BCUT2D eigenvalue weighted by atomic mass is 9.83. The van der Waals surface area contributed by atoms with Gasteiger partial charge in [0.25, 0.3) is 5.91 Å². The molecule has 5 nitrogen and oxygen atoms in total. The summed E-state index contributed by atoms with van der Waals surface area (Å²) in [5.74, 6) is -0.0304. The van der Waals surface area contributed by atoms with Crippen molar-refractivity contribution in [1.29, 1.82) is 0 Å². The van der Waals surface area contributed by atoms with Crippen molar-refractivity contribution < 1.29 is 4.79 Å². The Balaban J connectivity index is 1.93. The van der Waals surface area contributed by atoms with E-state index in [4.69, 9.17) is 11.6 Å². The summed E-state index contributed by atoms with van der Waals surface area (Å²) in [5.41, 5.74) is 2.59. The summed E-state index contributed by atoms with van der Waals surface area (Å²) < 4.78 is 0.712. The predicted molar refractivity (Wildman–Crippen MR) is 88.3 cm³/mol. The second kappa shape index (κ2) is 5.24. The fourth-order valence-electron chi connectivity index (χ4n) is 2.75. The highest BCUT2D eigenvalue weighted by Gasteiger charge is 2.35. The van der Waals surface area contributed by atoms with Crippen LogP contribution in [0, 0.1) is 3.70 Å². The number of halogens is 2. The minimum atomic E-state index is -0.149. The predicted octanol–water partition coefficient (Wildman–Crippen LogP) is 3.00. The van der Waals surface area contributed by atoms with Gasteiger partial charge in [-0.2, -0.15) is 5.10 Å². The fourth-order valence-corrected chi connectivity index (χ4v) is 3.70. The molecule has 0 spiro atoms. The van der Waals surface area contributed by atoms with Crippen LogP contribution in [-0.4, -0.2) is 32.5 Å². The van der Waals surface area contributed by atoms with Crippen molar-refractivity contribution in [2.24, 2.45) is 0 Å². The van der Waals surface area contributed by atoms with Crippen LogP contribution in [-0.2, 0) is 12.0 Å². The molecule has 0 saturated heterocycles. The van der Waals surface area contributed by atoms with E-state index in [9.17, 15) is 4.79 Å². The largest absolute Gasteiger partial charge is 0.333 e. The number of nitrogens with one attached hydrogen (secondary N) is 1. The van der Waals surface area contributed by atoms with Crippen molar-refractivity contribution in [3.8, 4) is 0 Å². The summed E-state index contributed by atoms with van der Waals surface area (Å²) in [4.78, 5) is 18.6. The Labute approximate surface area is 141 Å². The molecule has 3 rings (SSSR count). The Morgan fingerprint density at radius 3 is 2.95 bits per heavy atom. The van der Waals surface area contributed by atoms with E-state index in [-0.39, 0.29) is 11.3 Å². The first kappa shape index (κ1) is 14.8. The number of aromatic amines is 1. The summed E-state index contributed by atoms with van der Waals surface area (Å²) in [6.07, 6.45) is 1.79. The van der Waals surface area contributed by atoms with Crippen LogP contribution in [0.25, 0.3) is 0 Å². The van der Waals surface area contributed by atoms with E-state index in [1.165, 1.54) is 0 Å². The summed E-state index contributed by atoms with van der Waals surface area (Å²) in [7, 11) is 0. The summed E-state index contributed by atoms with van der Waals surface area (Å²) in [5, 5.41) is 7.48. The molecule has 0 aromatic carbocycles. The molecule has 0 unspecified atom stereocenters. The third kappa shape index (κ3) is 2.78. The minimum absolute atomic E-state index is 0.0304. The molecule has 0 saturated carbocycles. The first-order chi connectivity index (χ1) is 9.87. The molecule has 0 atom stereocenters. The molecule has 0 fully saturated rings. The number of nitrogens with zero attached hydrogens (tertiary/aromatic N) is 3. The summed E-state index contributed by atoms with van der Waals surface area (Å²) in [6.45, 7) is 5.40. The summed E-state index contributed by atoms with van der Waals surface area (Å²) in [6, 6.07) is 3.37. The quantitative estimate of drug-likeness (QED) is 0.574. The molecular weight excluding hydrogens is 403 g/mol. The molecule has 1 aliphatic rings. The zero-order chi connectivity index (χ0) is 15.2. The van der Waals surface area contributed by atoms with Crippen LogP contribution in [0.5, 0.6) is 0 Å². The highest BCUT2D eigenvalue weighted by atomic mass is 127. The first-order valence-corrected chi connectivity index (χ1v) is 7.97. The van der Waals surface area contributed by atoms with Gasteiger partial charge in [-0.1, -0.05) is 25.4 Å². The Morgan fingerprint density at radius 1 is 1.48 bits per heavy atom. The zero-order valence-corrected chi connectivity index (χ0v) is 14.6. The Hall–Kier alpha value is -1.15. The molecule has 1 aliphatic heterocycles. The number of rotatable bonds is 1. The monoisotopic (exact) mass is 416 g/mol. The number of fused-ring (bicyclic) bond motifs is 1. The maximum absolute atomic E-state index is 12.7. The Morgan fingerprint density at radius 2 is 2.24 bits per heavy atom. The van der Waals surface area contributed by atoms with E-state index in [2.05, 4.69) is 51.6 Å². The first-order valence-electron chi connectivity index (χ1n) is 6.52. The van der Waals surface area contributed by atoms with Crippen LogP contribution >= 0.6 is 34.2 Å². The lowest BCUT2D eigenvalue weighted by Gasteiger charge is -2.37. The number of pyridine rings is 1. The maximum Gasteiger partial charge on any atom is 0.254 e. The SMILES string of the molecule is CC1(C)CN(C(=O)c2cc(Cl)nc(I)c2)Cc2cn[nH]c21. The van der Waals surface area contributed by atoms with E-state index in [0.29, 0.717) is 27.5 Å². The highest BCUT2D eigenvalue weighted by molar-refractivity contribution is 14.1. The number of carbonyl (C=O) groups excluding carboxylic acids is 1. The van der Waals surface area contributed by atoms with Crippen molar-refractivity contribution in [3.63, 3.8) is 0 Å². The van der Waals surface area contributed by atoms with Crippen molar-refractivity contribution in [3.05, 3.63) is 44.0 Å². The van der Waals surface area contributed by atoms with Crippen molar-refractivity contribution in [1.82, 2.24) is 20.1 Å². The number of hydrogen-bond donors (Lipinski definition) is 1. The molecule has 3 heterocycles. The van der Waals surface area contributed by atoms with Gasteiger partial charge in [0.2, 0.25) is 0 Å². The average Bonchev–Trinajstić information content (AvgIpc) is 2.85. The van der Waals surface area contributed by atoms with Crippen LogP contribution in [0.3, 0.4) is 0 Å². The molecule has 7 heteroatoms. The number of amides is 1. The molecule has 0 radical (unpaired) electrons. The fraction of sp³-hybridized carbons (Fsp3) is 0.357. The van der Waals surface area contributed by atoms with E-state index in [1.54, 1.807) is 18.3 Å². The van der Waals surface area contributed by atoms with E-state index in [0.717, 1.165) is 11.3 Å². The highest BCUT2D eigenvalue weighted by Crippen LogP contribution is 2.32. The average molecular weight is 417 g/mol. The maximum atomic E-state index is 12.7. The van der Waals surface area contributed by atoms with Crippen molar-refractivity contribution in [2.45, 2.75) is 25.8 Å². The van der Waals surface area contributed by atoms with Gasteiger partial charge in [-0.25, -0.2) is 4.98 Å². The van der Waals surface area contributed by atoms with Gasteiger partial charge in [-0.3, -0.25) is 9.89 Å². The topological polar surface area (TPSA) is 61.9 Å². The van der Waals surface area contributed by atoms with Crippen LogP contribution in [0.15, 0.2) is 18.3 Å². The number of hydrogen-bond acceptors (Lipinski definition) is 3. The van der Waals surface area contributed by atoms with Crippen LogP contribution in [0.4, 0.5) is 0 Å². The van der Waals surface area contributed by atoms with Gasteiger partial charge in [0.15, 0.2) is 0 Å². The minimum Gasteiger partial charge on any atom is -0.333 e. The van der Waals surface area contributed by atoms with Gasteiger partial charge in [-0.15, -0.1) is 0 Å². The molecule has 21 heavy (non-hydrogen) atoms. The Kier molecular flexibility index (Phi) is 3.69. The molecule has 2 aromatic rings. The van der Waals surface area contributed by atoms with Crippen LogP contribution < -0.4 is 0 Å². The lowest BCUT2D eigenvalue weighted by Crippen LogP contribution is -2.45. The third-order valence-corrected chi connectivity index (χ3v) is 4.39. The van der Waals surface area contributed by atoms with E-state index >= 15 is 0 Å². The Bertz CT molecular complexity index is 692. The van der Waals surface area contributed by atoms with Crippen molar-refractivity contribution >= 4 is 40.1 Å². The molecule has 1 N–H and O–H groups in total. The molecule has 110 valence electrons. The second-order valence-electron chi connectivity index (χ2n) is 5.82. The van der Waals surface area contributed by atoms with Gasteiger partial charge in [0.1, 0.15) is 8.85 Å². The lowest BCUT2D eigenvalue weighted by molar-refractivity contribution is 0.0684.